The number of nitrogens with zero attached hydrogens (tertiary/aromatic N) is 1. The van der Waals surface area contributed by atoms with Crippen molar-refractivity contribution in [2.45, 2.75) is 3.12 Å². The number of hydrogen-bond donors (Lipinski definition) is 1. The Morgan fingerprint density at radius 1 is 1.50 bits per heavy atom. The van der Waals surface area contributed by atoms with Gasteiger partial charge in [-0.1, -0.05) is 11.6 Å². The molecular weight excluding hydrogens is 240 g/mol. The van der Waals surface area contributed by atoms with E-state index in [1.807, 2.05) is 0 Å². The van der Waals surface area contributed by atoms with Gasteiger partial charge in [0.05, 0.1) is 0 Å². The second-order valence-electron chi connectivity index (χ2n) is 1.17. The Hall–Kier alpha value is 1.14. The maximum Gasteiger partial charge on any atom is 0.132 e. The van der Waals surface area contributed by atoms with E-state index in [-0.39, 0.29) is 0 Å². The highest BCUT2D eigenvalue weighted by Gasteiger charge is 2.09. The van der Waals surface area contributed by atoms with Crippen LogP contribution in [0.3, 0.4) is 0 Å². The van der Waals surface area contributed by atoms with Crippen LogP contribution < -0.4 is 0 Å². The predicted molar refractivity (Wildman–Crippen MR) is 49.5 cm³/mol. The summed E-state index contributed by atoms with van der Waals surface area (Å²) in [7, 11) is 0.165. The molecule has 0 fully saturated rings. The van der Waals surface area contributed by atoms with Gasteiger partial charge in [-0.05, 0) is 7.05 Å². The lowest BCUT2D eigenvalue weighted by Gasteiger charge is -2.20. The monoisotopic (exact) mass is 242 g/mol. The van der Waals surface area contributed by atoms with E-state index in [4.69, 9.17) is 51.5 Å². The summed E-state index contributed by atoms with van der Waals surface area (Å²) in [5.74, 6) is 0. The van der Waals surface area contributed by atoms with Crippen LogP contribution in [0.25, 0.3) is 0 Å². The molecule has 7 heteroatoms. The Morgan fingerprint density at radius 3 is 1.90 bits per heavy atom. The van der Waals surface area contributed by atoms with Gasteiger partial charge in [0.25, 0.3) is 0 Å². The lowest BCUT2D eigenvalue weighted by atomic mass is 11.6. The molecule has 0 unspecified atom stereocenters. The molecule has 1 N–H and O–H groups in total. The van der Waals surface area contributed by atoms with Gasteiger partial charge in [0.2, 0.25) is 0 Å². The van der Waals surface area contributed by atoms with E-state index in [9.17, 15) is 0 Å². The molecule has 0 aromatic rings. The summed E-state index contributed by atoms with van der Waals surface area (Å²) in [5, 5.41) is 8.70. The summed E-state index contributed by atoms with van der Waals surface area (Å²) in [6.45, 7) is 0. The highest BCUT2D eigenvalue weighted by Crippen LogP contribution is 2.28. The first-order valence-electron chi connectivity index (χ1n) is 2.02. The van der Waals surface area contributed by atoms with Gasteiger partial charge >= 0.3 is 0 Å². The Balaban J connectivity index is 4.95. The minimum Gasteiger partial charge on any atom is -0.430 e. The lowest BCUT2D eigenvalue weighted by molar-refractivity contribution is 0.583. The van der Waals surface area contributed by atoms with Crippen molar-refractivity contribution in [2.24, 2.45) is 4.36 Å². The molecule has 10 heavy (non-hydrogen) atoms. The van der Waals surface area contributed by atoms with E-state index in [1.165, 1.54) is 7.05 Å². The Labute approximate surface area is 80.7 Å². The third kappa shape index (κ3) is 3.51. The lowest BCUT2D eigenvalue weighted by Crippen LogP contribution is -2.09. The zero-order valence-electron chi connectivity index (χ0n) is 4.81. The normalized spacial score (nSPS) is 17.2. The molecule has 0 aromatic carbocycles. The van der Waals surface area contributed by atoms with Crippen LogP contribution in [0.15, 0.2) is 4.36 Å². The minimum atomic E-state index is -1.65. The van der Waals surface area contributed by atoms with Crippen molar-refractivity contribution >= 4 is 61.2 Å². The zero-order chi connectivity index (χ0) is 8.36. The molecule has 0 spiro atoms. The van der Waals surface area contributed by atoms with Gasteiger partial charge < -0.3 is 9.47 Å². The van der Waals surface area contributed by atoms with Gasteiger partial charge in [-0.3, -0.25) is 10.3 Å². The molecule has 2 nitrogen and oxygen atoms in total. The SMILES string of the molecule is CN=[S-](=C(O)Cl)C(Cl)(Cl)Cl. The quantitative estimate of drug-likeness (QED) is 0.302. The highest BCUT2D eigenvalue weighted by molar-refractivity contribution is 7.94. The second-order valence-corrected chi connectivity index (χ2v) is 6.64. The first kappa shape index (κ1) is 11.1. The van der Waals surface area contributed by atoms with Crippen LogP contribution in [0.4, 0.5) is 0 Å². The van der Waals surface area contributed by atoms with Crippen LogP contribution in [-0.4, -0.2) is 19.8 Å². The molecule has 0 aliphatic rings. The van der Waals surface area contributed by atoms with Gasteiger partial charge in [-0.2, -0.15) is 0 Å². The van der Waals surface area contributed by atoms with E-state index >= 15 is 0 Å². The molecule has 0 heterocycles. The molecule has 0 saturated carbocycles. The molecule has 0 atom stereocenters. The predicted octanol–water partition coefficient (Wildman–Crippen LogP) is 2.63. The van der Waals surface area contributed by atoms with Crippen molar-refractivity contribution in [1.29, 1.82) is 0 Å². The maximum absolute atomic E-state index is 8.70. The van der Waals surface area contributed by atoms with E-state index < -0.39 is 17.9 Å². The molecule has 62 valence electrons. The van der Waals surface area contributed by atoms with Crippen molar-refractivity contribution in [2.75, 3.05) is 7.05 Å². The number of rotatable bonds is 0. The summed E-state index contributed by atoms with van der Waals surface area (Å²) in [5.41, 5.74) is 0. The molecule has 0 amide bonds. The molecule has 0 radical (unpaired) electrons. The van der Waals surface area contributed by atoms with Crippen LogP contribution >= 0.6 is 46.4 Å². The molecule has 0 saturated heterocycles. The average molecular weight is 244 g/mol. The van der Waals surface area contributed by atoms with Crippen molar-refractivity contribution in [1.82, 2.24) is 0 Å². The molecule has 0 aromatic heterocycles. The molecule has 0 bridgehead atoms. The smallest absolute Gasteiger partial charge is 0.132 e. The van der Waals surface area contributed by atoms with Crippen molar-refractivity contribution in [3.05, 3.63) is 0 Å². The largest absolute Gasteiger partial charge is 0.430 e. The summed E-state index contributed by atoms with van der Waals surface area (Å²) < 4.78 is 1.42. The van der Waals surface area contributed by atoms with Crippen LogP contribution in [0.5, 0.6) is 0 Å². The number of aliphatic hydroxyl groups is 1. The zero-order valence-corrected chi connectivity index (χ0v) is 8.65. The van der Waals surface area contributed by atoms with Gasteiger partial charge in [-0.25, -0.2) is 0 Å². The molecule has 0 aliphatic carbocycles. The van der Waals surface area contributed by atoms with Gasteiger partial charge in [0.15, 0.2) is 0 Å². The first-order chi connectivity index (χ1) is 4.39. The summed E-state index contributed by atoms with van der Waals surface area (Å²) >= 11 is 21.3. The fourth-order valence-electron chi connectivity index (χ4n) is 0.274. The Morgan fingerprint density at radius 2 is 1.90 bits per heavy atom. The van der Waals surface area contributed by atoms with Crippen molar-refractivity contribution in [3.63, 3.8) is 0 Å². The Kier molecular flexibility index (Phi) is 4.72. The van der Waals surface area contributed by atoms with Gasteiger partial charge in [0, 0.05) is 4.51 Å². The van der Waals surface area contributed by atoms with Crippen LogP contribution in [0.1, 0.15) is 0 Å². The first-order valence-corrected chi connectivity index (χ1v) is 4.71. The third-order valence-electron chi connectivity index (χ3n) is 0.561. The molecular formula is C3H4Cl4NOS-. The van der Waals surface area contributed by atoms with Crippen LogP contribution in [0.2, 0.25) is 0 Å². The van der Waals surface area contributed by atoms with E-state index in [0.29, 0.717) is 0 Å². The highest BCUT2D eigenvalue weighted by atomic mass is 35.6. The third-order valence-corrected chi connectivity index (χ3v) is 3.44. The average Bonchev–Trinajstić information content (AvgIpc) is 1.60. The van der Waals surface area contributed by atoms with E-state index in [1.54, 1.807) is 0 Å². The van der Waals surface area contributed by atoms with Gasteiger partial charge in [0.1, 0.15) is 3.12 Å². The standard InChI is InChI=1S/C3H4Cl4NOS/c1-8-10(2(4)9)3(5,6)7/h9H,1H3/q-1. The Bertz CT molecular complexity index is 197. The summed E-state index contributed by atoms with van der Waals surface area (Å²) in [6, 6.07) is 0. The summed E-state index contributed by atoms with van der Waals surface area (Å²) in [6.07, 6.45) is 0. The fraction of sp³-hybridized carbons (Fsp3) is 0.667. The number of aliphatic hydroxyl groups excluding tert-OH is 1. The topological polar surface area (TPSA) is 32.6 Å². The van der Waals surface area contributed by atoms with Crippen molar-refractivity contribution in [3.8, 4) is 0 Å². The van der Waals surface area contributed by atoms with Crippen molar-refractivity contribution < 1.29 is 5.11 Å². The number of alkyl halides is 3. The molecule has 0 aliphatic heterocycles. The van der Waals surface area contributed by atoms with Crippen LogP contribution in [0, 0.1) is 0 Å². The van der Waals surface area contributed by atoms with Crippen LogP contribution in [-0.2, 0) is 10.3 Å². The minimum absolute atomic E-state index is 0.498. The summed E-state index contributed by atoms with van der Waals surface area (Å²) in [4.78, 5) is 0. The number of halogens is 4. The number of hydrogen-bond acceptors (Lipinski definition) is 2. The second kappa shape index (κ2) is 4.24. The molecule has 0 rings (SSSR count). The van der Waals surface area contributed by atoms with E-state index in [0.717, 1.165) is 0 Å². The van der Waals surface area contributed by atoms with Gasteiger partial charge in [-0.15, -0.1) is 34.8 Å². The maximum atomic E-state index is 8.70. The fourth-order valence-corrected chi connectivity index (χ4v) is 3.01. The van der Waals surface area contributed by atoms with E-state index in [2.05, 4.69) is 4.36 Å².